The topological polar surface area (TPSA) is 72.9 Å². The minimum Gasteiger partial charge on any atom is -0.462 e. The molecule has 0 radical (unpaired) electrons. The van der Waals surface area contributed by atoms with Crippen LogP contribution < -0.4 is 0 Å². The monoisotopic (exact) mass is 299 g/mol. The number of carbonyl (C=O) groups excluding carboxylic acids is 1. The van der Waals surface area contributed by atoms with Gasteiger partial charge in [0, 0.05) is 6.54 Å². The fourth-order valence-electron chi connectivity index (χ4n) is 1.86. The van der Waals surface area contributed by atoms with Crippen LogP contribution in [0.4, 0.5) is 0 Å². The third kappa shape index (κ3) is 3.17. The Bertz CT molecular complexity index is 561. The summed E-state index contributed by atoms with van der Waals surface area (Å²) in [5.41, 5.74) is 0.324. The van der Waals surface area contributed by atoms with Gasteiger partial charge in [-0.25, -0.2) is 13.2 Å². The van der Waals surface area contributed by atoms with E-state index in [4.69, 9.17) is 9.57 Å². The second kappa shape index (κ2) is 6.34. The second-order valence-corrected chi connectivity index (χ2v) is 6.15. The van der Waals surface area contributed by atoms with E-state index in [1.54, 1.807) is 6.92 Å². The van der Waals surface area contributed by atoms with E-state index < -0.39 is 16.0 Å². The van der Waals surface area contributed by atoms with Crippen LogP contribution in [0, 0.1) is 0 Å². The minimum atomic E-state index is -3.66. The molecule has 6 nitrogen and oxygen atoms in total. The van der Waals surface area contributed by atoms with E-state index >= 15 is 0 Å². The second-order valence-electron chi connectivity index (χ2n) is 4.32. The van der Waals surface area contributed by atoms with Crippen LogP contribution in [0.25, 0.3) is 0 Å². The van der Waals surface area contributed by atoms with Gasteiger partial charge in [0.25, 0.3) is 10.0 Å². The van der Waals surface area contributed by atoms with Crippen molar-refractivity contribution in [2.75, 3.05) is 19.8 Å². The molecule has 110 valence electrons. The van der Waals surface area contributed by atoms with Crippen LogP contribution in [0.15, 0.2) is 29.2 Å². The molecule has 1 aromatic rings. The first-order chi connectivity index (χ1) is 9.55. The highest BCUT2D eigenvalue weighted by molar-refractivity contribution is 7.89. The maximum absolute atomic E-state index is 12.3. The summed E-state index contributed by atoms with van der Waals surface area (Å²) < 4.78 is 30.4. The minimum absolute atomic E-state index is 0.104. The fourth-order valence-corrected chi connectivity index (χ4v) is 3.16. The Kier molecular flexibility index (Phi) is 4.74. The van der Waals surface area contributed by atoms with Crippen molar-refractivity contribution in [3.05, 3.63) is 29.8 Å². The molecule has 0 N–H and O–H groups in total. The molecular formula is C13H17NO5S. The lowest BCUT2D eigenvalue weighted by Crippen LogP contribution is -2.35. The third-order valence-electron chi connectivity index (χ3n) is 2.90. The van der Waals surface area contributed by atoms with Crippen molar-refractivity contribution in [3.63, 3.8) is 0 Å². The zero-order chi connectivity index (χ0) is 14.6. The van der Waals surface area contributed by atoms with E-state index in [0.717, 1.165) is 17.3 Å². The van der Waals surface area contributed by atoms with E-state index in [1.165, 1.54) is 24.3 Å². The lowest BCUT2D eigenvalue weighted by atomic mass is 10.2. The van der Waals surface area contributed by atoms with E-state index in [1.807, 2.05) is 0 Å². The quantitative estimate of drug-likeness (QED) is 0.789. The number of nitrogens with zero attached hydrogens (tertiary/aromatic N) is 1. The Morgan fingerprint density at radius 1 is 1.30 bits per heavy atom. The molecule has 0 aliphatic carbocycles. The standard InChI is InChI=1S/C13H17NO5S/c1-2-18-13(15)11-5-7-12(8-6-11)20(16,17)14-9-3-4-10-19-14/h5-8H,2-4,9-10H2,1H3. The van der Waals surface area contributed by atoms with Crippen molar-refractivity contribution in [2.24, 2.45) is 0 Å². The molecule has 0 bridgehead atoms. The zero-order valence-corrected chi connectivity index (χ0v) is 12.1. The van der Waals surface area contributed by atoms with Gasteiger partial charge >= 0.3 is 5.97 Å². The number of hydroxylamine groups is 1. The van der Waals surface area contributed by atoms with Crippen molar-refractivity contribution in [3.8, 4) is 0 Å². The van der Waals surface area contributed by atoms with E-state index in [0.29, 0.717) is 18.7 Å². The van der Waals surface area contributed by atoms with Crippen LogP contribution >= 0.6 is 0 Å². The number of sulfonamides is 1. The Balaban J connectivity index is 2.18. The maximum atomic E-state index is 12.3. The van der Waals surface area contributed by atoms with Gasteiger partial charge in [0.05, 0.1) is 23.7 Å². The van der Waals surface area contributed by atoms with Crippen LogP contribution in [0.5, 0.6) is 0 Å². The number of hydrogen-bond donors (Lipinski definition) is 0. The van der Waals surface area contributed by atoms with Gasteiger partial charge in [-0.05, 0) is 44.0 Å². The summed E-state index contributed by atoms with van der Waals surface area (Å²) in [4.78, 5) is 16.8. The van der Waals surface area contributed by atoms with Crippen molar-refractivity contribution in [1.29, 1.82) is 0 Å². The summed E-state index contributed by atoms with van der Waals surface area (Å²) in [6.45, 7) is 2.74. The first-order valence-electron chi connectivity index (χ1n) is 6.48. The Labute approximate surface area is 118 Å². The lowest BCUT2D eigenvalue weighted by molar-refractivity contribution is -0.108. The van der Waals surface area contributed by atoms with Crippen molar-refractivity contribution < 1.29 is 22.8 Å². The predicted molar refractivity (Wildman–Crippen MR) is 71.5 cm³/mol. The van der Waals surface area contributed by atoms with Gasteiger partial charge in [0.15, 0.2) is 0 Å². The molecular weight excluding hydrogens is 282 g/mol. The molecule has 2 rings (SSSR count). The SMILES string of the molecule is CCOC(=O)c1ccc(S(=O)(=O)N2CCCCO2)cc1. The summed E-state index contributed by atoms with van der Waals surface area (Å²) in [5, 5.41) is 0. The molecule has 1 heterocycles. The molecule has 0 unspecified atom stereocenters. The van der Waals surface area contributed by atoms with Crippen LogP contribution in [-0.4, -0.2) is 38.6 Å². The molecule has 0 saturated carbocycles. The summed E-state index contributed by atoms with van der Waals surface area (Å²) in [5.74, 6) is -0.467. The first-order valence-corrected chi connectivity index (χ1v) is 7.92. The molecule has 20 heavy (non-hydrogen) atoms. The lowest BCUT2D eigenvalue weighted by Gasteiger charge is -2.25. The highest BCUT2D eigenvalue weighted by Crippen LogP contribution is 2.20. The predicted octanol–water partition coefficient (Wildman–Crippen LogP) is 1.58. The van der Waals surface area contributed by atoms with E-state index in [2.05, 4.69) is 0 Å². The van der Waals surface area contributed by atoms with Gasteiger partial charge in [-0.2, -0.15) is 0 Å². The van der Waals surface area contributed by atoms with E-state index in [9.17, 15) is 13.2 Å². The normalized spacial score (nSPS) is 16.9. The van der Waals surface area contributed by atoms with Crippen LogP contribution in [0.3, 0.4) is 0 Å². The number of rotatable bonds is 4. The zero-order valence-electron chi connectivity index (χ0n) is 11.2. The van der Waals surface area contributed by atoms with Crippen LogP contribution in [-0.2, 0) is 19.6 Å². The molecule has 0 spiro atoms. The number of ether oxygens (including phenoxy) is 1. The summed E-state index contributed by atoms with van der Waals surface area (Å²) in [6, 6.07) is 5.66. The first kappa shape index (κ1) is 15.0. The average Bonchev–Trinajstić information content (AvgIpc) is 2.48. The highest BCUT2D eigenvalue weighted by atomic mass is 32.2. The molecule has 0 atom stereocenters. The van der Waals surface area contributed by atoms with E-state index in [-0.39, 0.29) is 11.5 Å². The summed E-state index contributed by atoms with van der Waals surface area (Å²) >= 11 is 0. The smallest absolute Gasteiger partial charge is 0.338 e. The highest BCUT2D eigenvalue weighted by Gasteiger charge is 2.27. The summed E-state index contributed by atoms with van der Waals surface area (Å²) in [6.07, 6.45) is 1.63. The van der Waals surface area contributed by atoms with Gasteiger partial charge < -0.3 is 4.74 Å². The van der Waals surface area contributed by atoms with Crippen molar-refractivity contribution >= 4 is 16.0 Å². The molecule has 1 aliphatic heterocycles. The van der Waals surface area contributed by atoms with Crippen LogP contribution in [0.1, 0.15) is 30.1 Å². The maximum Gasteiger partial charge on any atom is 0.338 e. The van der Waals surface area contributed by atoms with Gasteiger partial charge in [0.2, 0.25) is 0 Å². The Hall–Kier alpha value is -1.44. The Morgan fingerprint density at radius 2 is 2.00 bits per heavy atom. The molecule has 1 fully saturated rings. The van der Waals surface area contributed by atoms with Crippen LogP contribution in [0.2, 0.25) is 0 Å². The van der Waals surface area contributed by atoms with Crippen molar-refractivity contribution in [2.45, 2.75) is 24.7 Å². The molecule has 1 saturated heterocycles. The van der Waals surface area contributed by atoms with Gasteiger partial charge in [-0.1, -0.05) is 4.47 Å². The van der Waals surface area contributed by atoms with Gasteiger partial charge in [0.1, 0.15) is 0 Å². The number of benzene rings is 1. The largest absolute Gasteiger partial charge is 0.462 e. The Morgan fingerprint density at radius 3 is 2.55 bits per heavy atom. The molecule has 7 heteroatoms. The summed E-state index contributed by atoms with van der Waals surface area (Å²) in [7, 11) is -3.66. The van der Waals surface area contributed by atoms with Crippen molar-refractivity contribution in [1.82, 2.24) is 4.47 Å². The van der Waals surface area contributed by atoms with Gasteiger partial charge in [-0.3, -0.25) is 4.84 Å². The fraction of sp³-hybridized carbons (Fsp3) is 0.462. The van der Waals surface area contributed by atoms with Gasteiger partial charge in [-0.15, -0.1) is 0 Å². The number of carbonyl (C=O) groups is 1. The molecule has 1 aliphatic rings. The molecule has 0 amide bonds. The number of esters is 1. The third-order valence-corrected chi connectivity index (χ3v) is 4.59. The molecule has 0 aromatic heterocycles. The molecule has 1 aromatic carbocycles. The number of hydrogen-bond acceptors (Lipinski definition) is 5. The average molecular weight is 299 g/mol.